The molecule has 2 aromatic rings. The molecule has 1 heterocycles. The van der Waals surface area contributed by atoms with Crippen LogP contribution >= 0.6 is 11.6 Å². The van der Waals surface area contributed by atoms with Gasteiger partial charge in [0.25, 0.3) is 0 Å². The van der Waals surface area contributed by atoms with Gasteiger partial charge < -0.3 is 10.2 Å². The molecule has 1 aliphatic rings. The third-order valence-corrected chi connectivity index (χ3v) is 4.97. The number of piperazine rings is 1. The van der Waals surface area contributed by atoms with E-state index in [2.05, 4.69) is 21.2 Å². The van der Waals surface area contributed by atoms with Crippen molar-refractivity contribution >= 4 is 23.2 Å². The third-order valence-electron chi connectivity index (χ3n) is 4.62. The second kappa shape index (κ2) is 8.52. The lowest BCUT2D eigenvalue weighted by Gasteiger charge is -2.36. The van der Waals surface area contributed by atoms with Gasteiger partial charge in [-0.05, 0) is 41.5 Å². The minimum Gasteiger partial charge on any atom is -0.369 e. The van der Waals surface area contributed by atoms with Crippen molar-refractivity contribution in [2.24, 2.45) is 0 Å². The molecule has 0 radical (unpaired) electrons. The molecule has 138 valence electrons. The van der Waals surface area contributed by atoms with Crippen LogP contribution in [0.25, 0.3) is 0 Å². The van der Waals surface area contributed by atoms with Gasteiger partial charge in [-0.1, -0.05) is 23.7 Å². The number of nitrogens with zero attached hydrogens (tertiary/aromatic N) is 2. The van der Waals surface area contributed by atoms with Crippen LogP contribution in [0.5, 0.6) is 0 Å². The van der Waals surface area contributed by atoms with Crippen molar-refractivity contribution in [2.75, 3.05) is 31.1 Å². The van der Waals surface area contributed by atoms with E-state index in [0.717, 1.165) is 49.5 Å². The van der Waals surface area contributed by atoms with E-state index in [4.69, 9.17) is 11.6 Å². The molecule has 0 unspecified atom stereocenters. The molecule has 1 saturated heterocycles. The minimum atomic E-state index is -0.203. The third kappa shape index (κ3) is 4.96. The van der Waals surface area contributed by atoms with Crippen LogP contribution in [0.15, 0.2) is 42.5 Å². The average Bonchev–Trinajstić information content (AvgIpc) is 2.62. The van der Waals surface area contributed by atoms with E-state index in [9.17, 15) is 9.18 Å². The summed E-state index contributed by atoms with van der Waals surface area (Å²) in [5.74, 6) is -0.268. The topological polar surface area (TPSA) is 35.6 Å². The Kier molecular flexibility index (Phi) is 6.12. The fraction of sp³-hybridized carbons (Fsp3) is 0.350. The van der Waals surface area contributed by atoms with Crippen LogP contribution in [0.4, 0.5) is 10.1 Å². The SMILES string of the molecule is CC(=O)NCc1ccc(CN2CCN(c3ccc(F)cc3)CC2)cc1Cl. The molecule has 1 N–H and O–H groups in total. The molecule has 1 amide bonds. The highest BCUT2D eigenvalue weighted by Crippen LogP contribution is 2.21. The predicted octanol–water partition coefficient (Wildman–Crippen LogP) is 3.44. The smallest absolute Gasteiger partial charge is 0.217 e. The number of nitrogens with one attached hydrogen (secondary N) is 1. The molecule has 4 nitrogen and oxygen atoms in total. The van der Waals surface area contributed by atoms with Crippen molar-refractivity contribution in [1.29, 1.82) is 0 Å². The first-order chi connectivity index (χ1) is 12.5. The van der Waals surface area contributed by atoms with Crippen LogP contribution in [0.1, 0.15) is 18.1 Å². The van der Waals surface area contributed by atoms with Crippen LogP contribution < -0.4 is 10.2 Å². The zero-order chi connectivity index (χ0) is 18.5. The van der Waals surface area contributed by atoms with Gasteiger partial charge in [-0.15, -0.1) is 0 Å². The second-order valence-electron chi connectivity index (χ2n) is 6.58. The van der Waals surface area contributed by atoms with E-state index in [0.29, 0.717) is 11.6 Å². The van der Waals surface area contributed by atoms with Crippen molar-refractivity contribution in [3.8, 4) is 0 Å². The number of rotatable bonds is 5. The maximum atomic E-state index is 13.0. The van der Waals surface area contributed by atoms with E-state index in [-0.39, 0.29) is 11.7 Å². The molecular formula is C20H23ClFN3O. The van der Waals surface area contributed by atoms with Crippen LogP contribution in [-0.4, -0.2) is 37.0 Å². The normalized spacial score (nSPS) is 15.1. The summed E-state index contributed by atoms with van der Waals surface area (Å²) < 4.78 is 13.0. The van der Waals surface area contributed by atoms with Crippen molar-refractivity contribution in [2.45, 2.75) is 20.0 Å². The van der Waals surface area contributed by atoms with Crippen molar-refractivity contribution in [3.05, 3.63) is 64.4 Å². The zero-order valence-corrected chi connectivity index (χ0v) is 15.6. The van der Waals surface area contributed by atoms with Gasteiger partial charge in [0.15, 0.2) is 0 Å². The highest BCUT2D eigenvalue weighted by Gasteiger charge is 2.17. The van der Waals surface area contributed by atoms with Crippen molar-refractivity contribution in [3.63, 3.8) is 0 Å². The van der Waals surface area contributed by atoms with Crippen molar-refractivity contribution in [1.82, 2.24) is 10.2 Å². The molecule has 0 aromatic heterocycles. The molecule has 0 bridgehead atoms. The van der Waals surface area contributed by atoms with E-state index in [1.807, 2.05) is 24.3 Å². The molecule has 0 aliphatic carbocycles. The number of hydrogen-bond acceptors (Lipinski definition) is 3. The van der Waals surface area contributed by atoms with Crippen LogP contribution in [0.3, 0.4) is 0 Å². The molecule has 3 rings (SSSR count). The zero-order valence-electron chi connectivity index (χ0n) is 14.8. The molecule has 1 aliphatic heterocycles. The lowest BCUT2D eigenvalue weighted by atomic mass is 10.1. The molecule has 0 saturated carbocycles. The van der Waals surface area contributed by atoms with Gasteiger partial charge in [-0.25, -0.2) is 4.39 Å². The summed E-state index contributed by atoms with van der Waals surface area (Å²) in [6.07, 6.45) is 0. The first-order valence-electron chi connectivity index (χ1n) is 8.76. The first-order valence-corrected chi connectivity index (χ1v) is 9.13. The van der Waals surface area contributed by atoms with Gasteiger partial charge in [0.05, 0.1) is 0 Å². The van der Waals surface area contributed by atoms with E-state index >= 15 is 0 Å². The Bertz CT molecular complexity index is 758. The Morgan fingerprint density at radius 1 is 1.12 bits per heavy atom. The Balaban J connectivity index is 1.53. The summed E-state index contributed by atoms with van der Waals surface area (Å²) in [5.41, 5.74) is 3.15. The van der Waals surface area contributed by atoms with Crippen molar-refractivity contribution < 1.29 is 9.18 Å². The second-order valence-corrected chi connectivity index (χ2v) is 6.98. The van der Waals surface area contributed by atoms with Gasteiger partial charge in [0, 0.05) is 56.9 Å². The first kappa shape index (κ1) is 18.7. The number of halogens is 2. The molecule has 0 spiro atoms. The largest absolute Gasteiger partial charge is 0.369 e. The molecule has 6 heteroatoms. The summed E-state index contributed by atoms with van der Waals surface area (Å²) in [6, 6.07) is 12.7. The summed E-state index contributed by atoms with van der Waals surface area (Å²) in [7, 11) is 0. The molecule has 1 fully saturated rings. The van der Waals surface area contributed by atoms with Crippen LogP contribution in [0, 0.1) is 5.82 Å². The van der Waals surface area contributed by atoms with Gasteiger partial charge in [-0.3, -0.25) is 9.69 Å². The average molecular weight is 376 g/mol. The number of amides is 1. The number of carbonyl (C=O) groups excluding carboxylic acids is 1. The molecule has 26 heavy (non-hydrogen) atoms. The van der Waals surface area contributed by atoms with E-state index in [1.54, 1.807) is 0 Å². The maximum absolute atomic E-state index is 13.0. The Morgan fingerprint density at radius 3 is 2.42 bits per heavy atom. The monoisotopic (exact) mass is 375 g/mol. The summed E-state index contributed by atoms with van der Waals surface area (Å²) in [6.45, 7) is 6.52. The lowest BCUT2D eigenvalue weighted by molar-refractivity contribution is -0.119. The summed E-state index contributed by atoms with van der Waals surface area (Å²) in [4.78, 5) is 15.7. The summed E-state index contributed by atoms with van der Waals surface area (Å²) in [5, 5.41) is 3.45. The van der Waals surface area contributed by atoms with Gasteiger partial charge >= 0.3 is 0 Å². The van der Waals surface area contributed by atoms with E-state index < -0.39 is 0 Å². The van der Waals surface area contributed by atoms with E-state index in [1.165, 1.54) is 19.1 Å². The Labute approximate surface area is 158 Å². The number of carbonyl (C=O) groups is 1. The number of hydrogen-bond donors (Lipinski definition) is 1. The Morgan fingerprint density at radius 2 is 1.81 bits per heavy atom. The highest BCUT2D eigenvalue weighted by molar-refractivity contribution is 6.31. The van der Waals surface area contributed by atoms with Gasteiger partial charge in [-0.2, -0.15) is 0 Å². The predicted molar refractivity (Wildman–Crippen MR) is 103 cm³/mol. The van der Waals surface area contributed by atoms with Gasteiger partial charge in [0.2, 0.25) is 5.91 Å². The Hall–Kier alpha value is -2.11. The van der Waals surface area contributed by atoms with Gasteiger partial charge in [0.1, 0.15) is 5.82 Å². The molecule has 0 atom stereocenters. The standard InChI is InChI=1S/C20H23ClFN3O/c1-15(26)23-13-17-3-2-16(12-20(17)21)14-24-8-10-25(11-9-24)19-6-4-18(22)5-7-19/h2-7,12H,8-11,13-14H2,1H3,(H,23,26). The minimum absolute atomic E-state index is 0.0656. The van der Waals surface area contributed by atoms with Crippen LogP contribution in [-0.2, 0) is 17.9 Å². The quantitative estimate of drug-likeness (QED) is 0.869. The highest BCUT2D eigenvalue weighted by atomic mass is 35.5. The maximum Gasteiger partial charge on any atom is 0.217 e. The number of benzene rings is 2. The number of anilines is 1. The molecule has 2 aromatic carbocycles. The fourth-order valence-electron chi connectivity index (χ4n) is 3.13. The molecular weight excluding hydrogens is 353 g/mol. The fourth-order valence-corrected chi connectivity index (χ4v) is 3.40. The lowest BCUT2D eigenvalue weighted by Crippen LogP contribution is -2.45. The van der Waals surface area contributed by atoms with Crippen LogP contribution in [0.2, 0.25) is 5.02 Å². The summed E-state index contributed by atoms with van der Waals surface area (Å²) >= 11 is 6.34.